The van der Waals surface area contributed by atoms with E-state index in [-0.39, 0.29) is 6.17 Å². The van der Waals surface area contributed by atoms with Gasteiger partial charge in [-0.25, -0.2) is 4.99 Å². The van der Waals surface area contributed by atoms with Crippen molar-refractivity contribution in [1.82, 2.24) is 14.8 Å². The van der Waals surface area contributed by atoms with Crippen molar-refractivity contribution in [3.63, 3.8) is 0 Å². The average Bonchev–Trinajstić information content (AvgIpc) is 2.68. The number of likely N-dealkylation sites (tertiary alicyclic amines) is 1. The number of rotatable bonds is 0. The average molecular weight is 282 g/mol. The molecule has 0 spiro atoms. The first kappa shape index (κ1) is 12.8. The van der Waals surface area contributed by atoms with Gasteiger partial charge in [-0.15, -0.1) is 5.10 Å². The van der Waals surface area contributed by atoms with E-state index >= 15 is 0 Å². The molecule has 3 heterocycles. The lowest BCUT2D eigenvalue weighted by Crippen LogP contribution is -2.54. The summed E-state index contributed by atoms with van der Waals surface area (Å²) in [5.41, 5.74) is 0. The summed E-state index contributed by atoms with van der Waals surface area (Å²) < 4.78 is 0. The number of hydrazone groups is 1. The molecule has 5 nitrogen and oxygen atoms in total. The van der Waals surface area contributed by atoms with Crippen LogP contribution in [0.15, 0.2) is 22.5 Å². The Balaban J connectivity index is 1.91. The third kappa shape index (κ3) is 2.00. The number of guanidine groups is 1. The van der Waals surface area contributed by atoms with E-state index in [1.807, 2.05) is 18.3 Å². The topological polar surface area (TPSA) is 34.4 Å². The lowest BCUT2D eigenvalue weighted by Gasteiger charge is -2.42. The number of fused-ring (bicyclic) bond motifs is 1. The molecule has 0 amide bonds. The van der Waals surface area contributed by atoms with E-state index in [1.165, 1.54) is 19.3 Å². The Morgan fingerprint density at radius 2 is 1.95 bits per heavy atom. The highest BCUT2D eigenvalue weighted by molar-refractivity contribution is 6.67. The molecule has 3 atom stereocenters. The van der Waals surface area contributed by atoms with Crippen LogP contribution >= 0.6 is 11.6 Å². The van der Waals surface area contributed by atoms with E-state index < -0.39 is 0 Å². The largest absolute Gasteiger partial charge is 0.336 e. The Kier molecular flexibility index (Phi) is 3.17. The summed E-state index contributed by atoms with van der Waals surface area (Å²) in [6, 6.07) is 1.03. The van der Waals surface area contributed by atoms with Gasteiger partial charge in [-0.2, -0.15) is 0 Å². The van der Waals surface area contributed by atoms with E-state index in [0.29, 0.717) is 17.3 Å². The van der Waals surface area contributed by atoms with Crippen LogP contribution in [0.4, 0.5) is 0 Å². The van der Waals surface area contributed by atoms with Gasteiger partial charge >= 0.3 is 0 Å². The predicted molar refractivity (Wildman–Crippen MR) is 77.9 cm³/mol. The van der Waals surface area contributed by atoms with Crippen LogP contribution in [0.2, 0.25) is 0 Å². The van der Waals surface area contributed by atoms with Crippen LogP contribution < -0.4 is 0 Å². The predicted octanol–water partition coefficient (Wildman–Crippen LogP) is 2.22. The fourth-order valence-corrected chi connectivity index (χ4v) is 3.50. The van der Waals surface area contributed by atoms with Crippen molar-refractivity contribution in [2.45, 2.75) is 51.4 Å². The minimum Gasteiger partial charge on any atom is -0.336 e. The quantitative estimate of drug-likeness (QED) is 0.683. The molecule has 6 heteroatoms. The van der Waals surface area contributed by atoms with E-state index in [2.05, 4.69) is 28.6 Å². The minimum absolute atomic E-state index is 0.0806. The summed E-state index contributed by atoms with van der Waals surface area (Å²) in [6.07, 6.45) is 7.36. The lowest BCUT2D eigenvalue weighted by molar-refractivity contribution is 0.172. The molecule has 0 aromatic heterocycles. The Labute approximate surface area is 119 Å². The SMILES string of the molecule is C[C@H]1CCC[C@H](C)N1C1=NN(C)C2C(Cl)=NC=CN12. The van der Waals surface area contributed by atoms with E-state index in [0.717, 1.165) is 5.96 Å². The van der Waals surface area contributed by atoms with Crippen LogP contribution in [0.25, 0.3) is 0 Å². The zero-order chi connectivity index (χ0) is 13.6. The van der Waals surface area contributed by atoms with Crippen molar-refractivity contribution < 1.29 is 0 Å². The van der Waals surface area contributed by atoms with E-state index in [1.54, 1.807) is 6.20 Å². The second-order valence-electron chi connectivity index (χ2n) is 5.54. The van der Waals surface area contributed by atoms with E-state index in [4.69, 9.17) is 16.7 Å². The highest BCUT2D eigenvalue weighted by Crippen LogP contribution is 2.29. The van der Waals surface area contributed by atoms with Crippen LogP contribution in [0.1, 0.15) is 33.1 Å². The molecule has 1 saturated heterocycles. The maximum absolute atomic E-state index is 6.21. The van der Waals surface area contributed by atoms with Gasteiger partial charge < -0.3 is 4.90 Å². The van der Waals surface area contributed by atoms with Crippen LogP contribution in [0.3, 0.4) is 0 Å². The first-order chi connectivity index (χ1) is 9.09. The monoisotopic (exact) mass is 281 g/mol. The molecule has 1 fully saturated rings. The molecule has 0 aliphatic carbocycles. The van der Waals surface area contributed by atoms with Gasteiger partial charge in [0.05, 0.1) is 0 Å². The molecule has 0 aromatic carbocycles. The highest BCUT2D eigenvalue weighted by Gasteiger charge is 2.41. The maximum Gasteiger partial charge on any atom is 0.225 e. The first-order valence-electron chi connectivity index (χ1n) is 6.87. The first-order valence-corrected chi connectivity index (χ1v) is 7.25. The van der Waals surface area contributed by atoms with Gasteiger partial charge in [-0.05, 0) is 33.1 Å². The summed E-state index contributed by atoms with van der Waals surface area (Å²) in [5.74, 6) is 0.997. The minimum atomic E-state index is -0.0806. The molecule has 3 rings (SSSR count). The zero-order valence-corrected chi connectivity index (χ0v) is 12.4. The van der Waals surface area contributed by atoms with Gasteiger partial charge in [0.25, 0.3) is 0 Å². The molecule has 0 saturated carbocycles. The summed E-state index contributed by atoms with van der Waals surface area (Å²) in [7, 11) is 1.95. The van der Waals surface area contributed by atoms with Crippen molar-refractivity contribution in [2.24, 2.45) is 10.1 Å². The van der Waals surface area contributed by atoms with Gasteiger partial charge in [0.1, 0.15) is 0 Å². The Hall–Kier alpha value is -1.23. The number of hydrogen-bond acceptors (Lipinski definition) is 5. The van der Waals surface area contributed by atoms with Crippen molar-refractivity contribution in [3.05, 3.63) is 12.4 Å². The summed E-state index contributed by atoms with van der Waals surface area (Å²) in [4.78, 5) is 8.70. The molecule has 1 unspecified atom stereocenters. The normalized spacial score (nSPS) is 34.3. The van der Waals surface area contributed by atoms with Gasteiger partial charge in [-0.1, -0.05) is 11.6 Å². The Morgan fingerprint density at radius 3 is 2.63 bits per heavy atom. The van der Waals surface area contributed by atoms with Crippen LogP contribution in [0, 0.1) is 0 Å². The third-order valence-corrected chi connectivity index (χ3v) is 4.45. The number of aliphatic imine (C=N–C) groups is 1. The van der Waals surface area contributed by atoms with Crippen LogP contribution in [-0.2, 0) is 0 Å². The van der Waals surface area contributed by atoms with Crippen molar-refractivity contribution in [3.8, 4) is 0 Å². The Morgan fingerprint density at radius 1 is 1.26 bits per heavy atom. The van der Waals surface area contributed by atoms with Gasteiger partial charge in [-0.3, -0.25) is 9.91 Å². The molecule has 0 bridgehead atoms. The van der Waals surface area contributed by atoms with Gasteiger partial charge in [0, 0.05) is 31.5 Å². The maximum atomic E-state index is 6.21. The highest BCUT2D eigenvalue weighted by atomic mass is 35.5. The smallest absolute Gasteiger partial charge is 0.225 e. The lowest BCUT2D eigenvalue weighted by atomic mass is 9.98. The van der Waals surface area contributed by atoms with Gasteiger partial charge in [0.15, 0.2) is 11.3 Å². The second kappa shape index (κ2) is 4.71. The fraction of sp³-hybridized carbons (Fsp3) is 0.692. The molecular formula is C13H20ClN5. The zero-order valence-electron chi connectivity index (χ0n) is 11.6. The second-order valence-corrected chi connectivity index (χ2v) is 5.93. The van der Waals surface area contributed by atoms with Crippen LogP contribution in [-0.4, -0.2) is 51.2 Å². The standard InChI is InChI=1S/C13H20ClN5/c1-9-5-4-6-10(2)19(9)13-16-17(3)12-11(14)15-7-8-18(12)13/h7-10,12H,4-6H2,1-3H3/t9-,10-,12?/m0/s1. The van der Waals surface area contributed by atoms with Crippen molar-refractivity contribution in [1.29, 1.82) is 0 Å². The van der Waals surface area contributed by atoms with Gasteiger partial charge in [0.2, 0.25) is 5.96 Å². The van der Waals surface area contributed by atoms with Crippen LogP contribution in [0.5, 0.6) is 0 Å². The Bertz CT molecular complexity index is 448. The number of halogens is 1. The molecule has 19 heavy (non-hydrogen) atoms. The number of hydrogen-bond donors (Lipinski definition) is 0. The van der Waals surface area contributed by atoms with Crippen molar-refractivity contribution in [2.75, 3.05) is 7.05 Å². The summed E-state index contributed by atoms with van der Waals surface area (Å²) >= 11 is 6.21. The molecule has 104 valence electrons. The number of nitrogens with zero attached hydrogens (tertiary/aromatic N) is 5. The molecule has 0 radical (unpaired) electrons. The molecule has 3 aliphatic rings. The summed E-state index contributed by atoms with van der Waals surface area (Å²) in [6.45, 7) is 4.55. The molecular weight excluding hydrogens is 262 g/mol. The molecule has 3 aliphatic heterocycles. The molecule has 0 aromatic rings. The fourth-order valence-electron chi connectivity index (χ4n) is 3.20. The number of piperidine rings is 1. The van der Waals surface area contributed by atoms with E-state index in [9.17, 15) is 0 Å². The third-order valence-electron chi connectivity index (χ3n) is 4.16. The van der Waals surface area contributed by atoms with Crippen molar-refractivity contribution >= 4 is 22.7 Å². The summed E-state index contributed by atoms with van der Waals surface area (Å²) in [5, 5.41) is 7.15. The molecule has 0 N–H and O–H groups in total.